The van der Waals surface area contributed by atoms with E-state index in [4.69, 9.17) is 5.26 Å². The van der Waals surface area contributed by atoms with Gasteiger partial charge in [-0.05, 0) is 51.0 Å². The summed E-state index contributed by atoms with van der Waals surface area (Å²) in [5.41, 5.74) is 1.57. The Balaban J connectivity index is 1.91. The first-order valence-corrected chi connectivity index (χ1v) is 6.45. The lowest BCUT2D eigenvalue weighted by molar-refractivity contribution is 0.222. The molecule has 0 atom stereocenters. The topological polar surface area (TPSA) is 43.2 Å². The third kappa shape index (κ3) is 3.21. The van der Waals surface area contributed by atoms with Crippen molar-refractivity contribution in [3.63, 3.8) is 0 Å². The molecule has 4 nitrogen and oxygen atoms in total. The number of hydrogen-bond donors (Lipinski definition) is 0. The second-order valence-electron chi connectivity index (χ2n) is 5.14. The number of likely N-dealkylation sites (tertiary alicyclic amines) is 1. The maximum absolute atomic E-state index is 8.72. The molecule has 2 heterocycles. The van der Waals surface area contributed by atoms with E-state index in [1.807, 2.05) is 12.1 Å². The zero-order chi connectivity index (χ0) is 13.0. The van der Waals surface area contributed by atoms with Crippen molar-refractivity contribution in [1.82, 2.24) is 9.88 Å². The normalized spacial score (nSPS) is 17.4. The minimum Gasteiger partial charge on any atom is -0.373 e. The molecular weight excluding hydrogens is 224 g/mol. The van der Waals surface area contributed by atoms with Crippen LogP contribution in [0.25, 0.3) is 0 Å². The van der Waals surface area contributed by atoms with Gasteiger partial charge in [0, 0.05) is 13.6 Å². The highest BCUT2D eigenvalue weighted by Gasteiger charge is 2.18. The molecule has 1 aromatic rings. The van der Waals surface area contributed by atoms with Crippen LogP contribution in [0.2, 0.25) is 0 Å². The smallest absolute Gasteiger partial charge is 0.140 e. The average Bonchev–Trinajstić information content (AvgIpc) is 2.41. The first kappa shape index (κ1) is 12.8. The maximum atomic E-state index is 8.72. The molecule has 0 bridgehead atoms. The van der Waals surface area contributed by atoms with Gasteiger partial charge < -0.3 is 9.80 Å². The first-order valence-electron chi connectivity index (χ1n) is 6.45. The Morgan fingerprint density at radius 1 is 1.44 bits per heavy atom. The third-order valence-electron chi connectivity index (χ3n) is 3.67. The van der Waals surface area contributed by atoms with Crippen LogP contribution < -0.4 is 4.90 Å². The van der Waals surface area contributed by atoms with Crippen molar-refractivity contribution in [3.05, 3.63) is 24.0 Å². The standard InChI is InChI=1S/C14H20N4/c1-17-7-5-12(6-8-17)11-18(2)14-4-3-13(9-15)16-10-14/h3-4,10,12H,5-8,11H2,1-2H3. The van der Waals surface area contributed by atoms with Crippen molar-refractivity contribution in [2.75, 3.05) is 38.6 Å². The van der Waals surface area contributed by atoms with E-state index in [1.54, 1.807) is 12.3 Å². The SMILES string of the molecule is CN1CCC(CN(C)c2ccc(C#N)nc2)CC1. The molecule has 0 saturated carbocycles. The van der Waals surface area contributed by atoms with Gasteiger partial charge in [-0.25, -0.2) is 4.98 Å². The molecule has 0 aromatic carbocycles. The van der Waals surface area contributed by atoms with Crippen LogP contribution in [-0.4, -0.2) is 43.6 Å². The van der Waals surface area contributed by atoms with Crippen LogP contribution in [0.3, 0.4) is 0 Å². The molecule has 0 radical (unpaired) electrons. The number of aromatic nitrogens is 1. The zero-order valence-corrected chi connectivity index (χ0v) is 11.1. The van der Waals surface area contributed by atoms with Crippen molar-refractivity contribution >= 4 is 5.69 Å². The van der Waals surface area contributed by atoms with E-state index >= 15 is 0 Å². The molecule has 0 unspecified atom stereocenters. The summed E-state index contributed by atoms with van der Waals surface area (Å²) in [5.74, 6) is 0.766. The Bertz CT molecular complexity index is 412. The van der Waals surface area contributed by atoms with Gasteiger partial charge in [0.2, 0.25) is 0 Å². The van der Waals surface area contributed by atoms with Crippen molar-refractivity contribution in [3.8, 4) is 6.07 Å². The van der Waals surface area contributed by atoms with Gasteiger partial charge in [-0.3, -0.25) is 0 Å². The molecule has 0 aliphatic carbocycles. The Hall–Kier alpha value is -1.60. The van der Waals surface area contributed by atoms with Gasteiger partial charge in [-0.1, -0.05) is 0 Å². The van der Waals surface area contributed by atoms with Crippen molar-refractivity contribution in [2.45, 2.75) is 12.8 Å². The predicted octanol–water partition coefficient (Wildman–Crippen LogP) is 1.73. The van der Waals surface area contributed by atoms with Crippen LogP contribution in [0.4, 0.5) is 5.69 Å². The van der Waals surface area contributed by atoms with E-state index in [0.717, 1.165) is 18.2 Å². The predicted molar refractivity (Wildman–Crippen MR) is 72.4 cm³/mol. The van der Waals surface area contributed by atoms with Crippen molar-refractivity contribution in [2.24, 2.45) is 5.92 Å². The Morgan fingerprint density at radius 3 is 2.72 bits per heavy atom. The van der Waals surface area contributed by atoms with Gasteiger partial charge in [0.15, 0.2) is 0 Å². The molecule has 4 heteroatoms. The van der Waals surface area contributed by atoms with Crippen molar-refractivity contribution in [1.29, 1.82) is 5.26 Å². The van der Waals surface area contributed by atoms with Crippen LogP contribution in [-0.2, 0) is 0 Å². The summed E-state index contributed by atoms with van der Waals surface area (Å²) in [6, 6.07) is 5.80. The highest BCUT2D eigenvalue weighted by molar-refractivity contribution is 5.45. The Kier molecular flexibility index (Phi) is 4.16. The molecule has 1 saturated heterocycles. The second-order valence-corrected chi connectivity index (χ2v) is 5.14. The summed E-state index contributed by atoms with van der Waals surface area (Å²) in [6.07, 6.45) is 4.32. The van der Waals surface area contributed by atoms with Crippen LogP contribution in [0.1, 0.15) is 18.5 Å². The number of rotatable bonds is 3. The lowest BCUT2D eigenvalue weighted by Crippen LogP contribution is -2.35. The lowest BCUT2D eigenvalue weighted by Gasteiger charge is -2.32. The molecule has 1 aliphatic heterocycles. The molecule has 0 N–H and O–H groups in total. The Morgan fingerprint density at radius 2 is 2.17 bits per heavy atom. The van der Waals surface area contributed by atoms with E-state index in [1.165, 1.54) is 25.9 Å². The van der Waals surface area contributed by atoms with Gasteiger partial charge in [-0.2, -0.15) is 5.26 Å². The summed E-state index contributed by atoms with van der Waals surface area (Å²) < 4.78 is 0. The summed E-state index contributed by atoms with van der Waals surface area (Å²) in [7, 11) is 4.28. The largest absolute Gasteiger partial charge is 0.373 e. The summed E-state index contributed by atoms with van der Waals surface area (Å²) in [5, 5.41) is 8.72. The van der Waals surface area contributed by atoms with Gasteiger partial charge in [0.05, 0.1) is 11.9 Å². The molecule has 96 valence electrons. The molecule has 0 spiro atoms. The third-order valence-corrected chi connectivity index (χ3v) is 3.67. The van der Waals surface area contributed by atoms with E-state index in [9.17, 15) is 0 Å². The van der Waals surface area contributed by atoms with E-state index in [-0.39, 0.29) is 0 Å². The fourth-order valence-corrected chi connectivity index (χ4v) is 2.42. The summed E-state index contributed by atoms with van der Waals surface area (Å²) in [4.78, 5) is 8.74. The van der Waals surface area contributed by atoms with E-state index < -0.39 is 0 Å². The van der Waals surface area contributed by atoms with Gasteiger partial charge in [0.1, 0.15) is 11.8 Å². The number of nitriles is 1. The lowest BCUT2D eigenvalue weighted by atomic mass is 9.96. The number of hydrogen-bond acceptors (Lipinski definition) is 4. The van der Waals surface area contributed by atoms with Gasteiger partial charge in [0.25, 0.3) is 0 Å². The van der Waals surface area contributed by atoms with Crippen LogP contribution in [0, 0.1) is 17.2 Å². The molecular formula is C14H20N4. The minimum atomic E-state index is 0.478. The van der Waals surface area contributed by atoms with Crippen molar-refractivity contribution < 1.29 is 0 Å². The monoisotopic (exact) mass is 244 g/mol. The highest BCUT2D eigenvalue weighted by Crippen LogP contribution is 2.20. The summed E-state index contributed by atoms with van der Waals surface area (Å²) >= 11 is 0. The minimum absolute atomic E-state index is 0.478. The number of pyridine rings is 1. The van der Waals surface area contributed by atoms with Gasteiger partial charge in [-0.15, -0.1) is 0 Å². The first-order chi connectivity index (χ1) is 8.69. The van der Waals surface area contributed by atoms with E-state index in [2.05, 4.69) is 28.9 Å². The molecule has 2 rings (SSSR count). The summed E-state index contributed by atoms with van der Waals surface area (Å²) in [6.45, 7) is 3.47. The number of piperidine rings is 1. The van der Waals surface area contributed by atoms with Crippen LogP contribution in [0.15, 0.2) is 18.3 Å². The highest BCUT2D eigenvalue weighted by atomic mass is 15.1. The van der Waals surface area contributed by atoms with Gasteiger partial charge >= 0.3 is 0 Å². The molecule has 1 aliphatic rings. The molecule has 1 aromatic heterocycles. The van der Waals surface area contributed by atoms with Crippen LogP contribution >= 0.6 is 0 Å². The Labute approximate surface area is 109 Å². The maximum Gasteiger partial charge on any atom is 0.140 e. The second kappa shape index (κ2) is 5.83. The quantitative estimate of drug-likeness (QED) is 0.812. The fourth-order valence-electron chi connectivity index (χ4n) is 2.42. The molecule has 18 heavy (non-hydrogen) atoms. The number of nitrogens with zero attached hydrogens (tertiary/aromatic N) is 4. The molecule has 1 fully saturated rings. The fraction of sp³-hybridized carbons (Fsp3) is 0.571. The van der Waals surface area contributed by atoms with E-state index in [0.29, 0.717) is 5.69 Å². The van der Waals surface area contributed by atoms with Crippen LogP contribution in [0.5, 0.6) is 0 Å². The zero-order valence-electron chi connectivity index (χ0n) is 11.1. The number of anilines is 1. The average molecular weight is 244 g/mol. The molecule has 0 amide bonds.